The van der Waals surface area contributed by atoms with Crippen LogP contribution in [0, 0.1) is 23.3 Å². The van der Waals surface area contributed by atoms with Crippen LogP contribution >= 0.6 is 0 Å². The average Bonchev–Trinajstić information content (AvgIpc) is 3.16. The first-order valence-corrected chi connectivity index (χ1v) is 9.58. The van der Waals surface area contributed by atoms with Gasteiger partial charge in [0.2, 0.25) is 5.78 Å². The first-order chi connectivity index (χ1) is 15.3. The molecular formula is C24H15F4NO3. The minimum atomic E-state index is -1.60. The number of rotatable bonds is 5. The van der Waals surface area contributed by atoms with Gasteiger partial charge in [0.1, 0.15) is 11.6 Å². The summed E-state index contributed by atoms with van der Waals surface area (Å²) in [6.07, 6.45) is 1.46. The Hall–Kier alpha value is -3.94. The molecule has 0 saturated carbocycles. The maximum absolute atomic E-state index is 14.9. The maximum atomic E-state index is 14.9. The summed E-state index contributed by atoms with van der Waals surface area (Å²) in [7, 11) is 0. The van der Waals surface area contributed by atoms with Gasteiger partial charge in [-0.1, -0.05) is 12.1 Å². The Labute approximate surface area is 179 Å². The summed E-state index contributed by atoms with van der Waals surface area (Å²) in [5.41, 5.74) is -0.543. The molecule has 32 heavy (non-hydrogen) atoms. The SMILES string of the molecule is CCOC(=O)c1ccc(-c2cc(C(=O)c3c(F)ccc(F)c3F)n3ccccc23)c(F)c1. The maximum Gasteiger partial charge on any atom is 0.338 e. The molecule has 4 rings (SSSR count). The van der Waals surface area contributed by atoms with Crippen molar-refractivity contribution in [3.8, 4) is 11.1 Å². The quantitative estimate of drug-likeness (QED) is 0.176. The van der Waals surface area contributed by atoms with Crippen LogP contribution in [0.4, 0.5) is 17.6 Å². The van der Waals surface area contributed by atoms with Crippen LogP contribution < -0.4 is 0 Å². The Morgan fingerprint density at radius 3 is 2.34 bits per heavy atom. The first-order valence-electron chi connectivity index (χ1n) is 9.58. The van der Waals surface area contributed by atoms with Crippen molar-refractivity contribution in [3.63, 3.8) is 0 Å². The van der Waals surface area contributed by atoms with Gasteiger partial charge in [0, 0.05) is 17.3 Å². The second-order valence-corrected chi connectivity index (χ2v) is 6.86. The molecule has 8 heteroatoms. The number of nitrogens with zero attached hydrogens (tertiary/aromatic N) is 1. The van der Waals surface area contributed by atoms with Crippen molar-refractivity contribution in [1.29, 1.82) is 0 Å². The zero-order valence-electron chi connectivity index (χ0n) is 16.7. The number of hydrogen-bond donors (Lipinski definition) is 0. The molecule has 4 aromatic rings. The number of ether oxygens (including phenoxy) is 1. The molecular weight excluding hydrogens is 426 g/mol. The molecule has 0 amide bonds. The smallest absolute Gasteiger partial charge is 0.338 e. The van der Waals surface area contributed by atoms with Gasteiger partial charge in [0.05, 0.1) is 28.9 Å². The van der Waals surface area contributed by atoms with E-state index in [0.29, 0.717) is 17.6 Å². The van der Waals surface area contributed by atoms with Crippen LogP contribution in [-0.4, -0.2) is 22.8 Å². The first kappa shape index (κ1) is 21.3. The standard InChI is InChI=1S/C24H15F4NO3/c1-2-32-24(31)13-6-7-14(18(27)11-13)15-12-20(29-10-4-3-5-19(15)29)23(30)21-16(25)8-9-17(26)22(21)28/h3-12H,2H2,1H3. The van der Waals surface area contributed by atoms with Crippen molar-refractivity contribution >= 4 is 17.3 Å². The predicted molar refractivity (Wildman–Crippen MR) is 108 cm³/mol. The number of halogens is 4. The van der Waals surface area contributed by atoms with Gasteiger partial charge in [-0.2, -0.15) is 0 Å². The molecule has 0 unspecified atom stereocenters. The summed E-state index contributed by atoms with van der Waals surface area (Å²) >= 11 is 0. The molecule has 0 atom stereocenters. The number of carbonyl (C=O) groups is 2. The van der Waals surface area contributed by atoms with Gasteiger partial charge in [-0.05, 0) is 49.4 Å². The normalized spacial score (nSPS) is 11.0. The predicted octanol–water partition coefficient (Wildman–Crippen LogP) is 5.57. The third kappa shape index (κ3) is 3.53. The number of benzene rings is 2. The molecule has 0 fully saturated rings. The molecule has 0 aliphatic rings. The van der Waals surface area contributed by atoms with E-state index < -0.39 is 40.6 Å². The topological polar surface area (TPSA) is 47.8 Å². The summed E-state index contributed by atoms with van der Waals surface area (Å²) in [5.74, 6) is -6.73. The van der Waals surface area contributed by atoms with E-state index >= 15 is 0 Å². The molecule has 0 radical (unpaired) electrons. The van der Waals surface area contributed by atoms with Gasteiger partial charge in [0.15, 0.2) is 11.6 Å². The van der Waals surface area contributed by atoms with Crippen molar-refractivity contribution in [2.45, 2.75) is 6.92 Å². The van der Waals surface area contributed by atoms with Crippen molar-refractivity contribution in [2.75, 3.05) is 6.61 Å². The molecule has 0 saturated heterocycles. The van der Waals surface area contributed by atoms with Crippen molar-refractivity contribution < 1.29 is 31.9 Å². The van der Waals surface area contributed by atoms with E-state index in [1.807, 2.05) is 0 Å². The fourth-order valence-electron chi connectivity index (χ4n) is 3.48. The van der Waals surface area contributed by atoms with Gasteiger partial charge < -0.3 is 9.14 Å². The minimum Gasteiger partial charge on any atom is -0.462 e. The van der Waals surface area contributed by atoms with Crippen LogP contribution in [-0.2, 0) is 4.74 Å². The number of esters is 1. The molecule has 0 aliphatic carbocycles. The molecule has 2 aromatic carbocycles. The van der Waals surface area contributed by atoms with Crippen LogP contribution in [0.5, 0.6) is 0 Å². The second-order valence-electron chi connectivity index (χ2n) is 6.86. The Balaban J connectivity index is 1.88. The largest absolute Gasteiger partial charge is 0.462 e. The minimum absolute atomic E-state index is 0.0109. The monoisotopic (exact) mass is 441 g/mol. The fourth-order valence-corrected chi connectivity index (χ4v) is 3.48. The van der Waals surface area contributed by atoms with Crippen molar-refractivity contribution in [2.24, 2.45) is 0 Å². The number of ketones is 1. The summed E-state index contributed by atoms with van der Waals surface area (Å²) < 4.78 is 63.2. The lowest BCUT2D eigenvalue weighted by Gasteiger charge is -2.06. The summed E-state index contributed by atoms with van der Waals surface area (Å²) in [4.78, 5) is 24.8. The van der Waals surface area contributed by atoms with Crippen LogP contribution in [0.3, 0.4) is 0 Å². The second kappa shape index (κ2) is 8.30. The van der Waals surface area contributed by atoms with Gasteiger partial charge >= 0.3 is 5.97 Å². The van der Waals surface area contributed by atoms with E-state index in [-0.39, 0.29) is 29.0 Å². The number of hydrogen-bond acceptors (Lipinski definition) is 3. The van der Waals surface area contributed by atoms with Gasteiger partial charge in [-0.25, -0.2) is 22.4 Å². The van der Waals surface area contributed by atoms with E-state index in [9.17, 15) is 27.2 Å². The van der Waals surface area contributed by atoms with Gasteiger partial charge in [-0.15, -0.1) is 0 Å². The summed E-state index contributed by atoms with van der Waals surface area (Å²) in [5, 5.41) is 0. The highest BCUT2D eigenvalue weighted by atomic mass is 19.2. The Bertz CT molecular complexity index is 1380. The summed E-state index contributed by atoms with van der Waals surface area (Å²) in [6, 6.07) is 11.0. The highest BCUT2D eigenvalue weighted by Gasteiger charge is 2.26. The fraction of sp³-hybridized carbons (Fsp3) is 0.0833. The summed E-state index contributed by atoms with van der Waals surface area (Å²) in [6.45, 7) is 1.75. The van der Waals surface area contributed by atoms with Crippen LogP contribution in [0.2, 0.25) is 0 Å². The van der Waals surface area contributed by atoms with Gasteiger partial charge in [-0.3, -0.25) is 4.79 Å². The third-order valence-electron chi connectivity index (χ3n) is 4.95. The van der Waals surface area contributed by atoms with Crippen LogP contribution in [0.25, 0.3) is 16.6 Å². The molecule has 0 bridgehead atoms. The lowest BCUT2D eigenvalue weighted by atomic mass is 10.0. The number of pyridine rings is 1. The molecule has 0 N–H and O–H groups in total. The highest BCUT2D eigenvalue weighted by Crippen LogP contribution is 2.32. The number of fused-ring (bicyclic) bond motifs is 1. The van der Waals surface area contributed by atoms with E-state index in [4.69, 9.17) is 4.74 Å². The van der Waals surface area contributed by atoms with Crippen LogP contribution in [0.15, 0.2) is 60.8 Å². The molecule has 4 nitrogen and oxygen atoms in total. The Morgan fingerprint density at radius 1 is 0.875 bits per heavy atom. The lowest BCUT2D eigenvalue weighted by molar-refractivity contribution is 0.0525. The van der Waals surface area contributed by atoms with E-state index in [1.165, 1.54) is 28.8 Å². The Morgan fingerprint density at radius 2 is 1.62 bits per heavy atom. The molecule has 2 aromatic heterocycles. The van der Waals surface area contributed by atoms with E-state index in [0.717, 1.165) is 6.07 Å². The van der Waals surface area contributed by atoms with Crippen LogP contribution in [0.1, 0.15) is 33.3 Å². The van der Waals surface area contributed by atoms with Crippen molar-refractivity contribution in [3.05, 3.63) is 101 Å². The number of carbonyl (C=O) groups excluding carboxylic acids is 2. The zero-order valence-corrected chi connectivity index (χ0v) is 16.7. The van der Waals surface area contributed by atoms with Gasteiger partial charge in [0.25, 0.3) is 0 Å². The average molecular weight is 441 g/mol. The molecule has 0 aliphatic heterocycles. The Kier molecular flexibility index (Phi) is 5.52. The molecule has 2 heterocycles. The van der Waals surface area contributed by atoms with E-state index in [1.54, 1.807) is 25.1 Å². The lowest BCUT2D eigenvalue weighted by Crippen LogP contribution is -2.11. The van der Waals surface area contributed by atoms with E-state index in [2.05, 4.69) is 0 Å². The number of aromatic nitrogens is 1. The zero-order chi connectivity index (χ0) is 23.0. The molecule has 0 spiro atoms. The molecule has 162 valence electrons. The highest BCUT2D eigenvalue weighted by molar-refractivity contribution is 6.10. The third-order valence-corrected chi connectivity index (χ3v) is 4.95. The van der Waals surface area contributed by atoms with Crippen molar-refractivity contribution in [1.82, 2.24) is 4.40 Å².